The van der Waals surface area contributed by atoms with Crippen molar-refractivity contribution in [3.05, 3.63) is 0 Å². The molecule has 0 aromatic heterocycles. The topological polar surface area (TPSA) is 9.23 Å². The Labute approximate surface area is 317 Å². The highest BCUT2D eigenvalue weighted by Gasteiger charge is 2.28. The zero-order valence-electron chi connectivity index (χ0n) is 39.3. The van der Waals surface area contributed by atoms with Crippen LogP contribution in [0.1, 0.15) is 267 Å². The highest BCUT2D eigenvalue weighted by atomic mass is 16.5. The molecule has 1 heteroatoms. The molecular formula is C48H106O. The minimum absolute atomic E-state index is 0.418. The Hall–Kier alpha value is -0.0400. The van der Waals surface area contributed by atoms with Gasteiger partial charge in [0.25, 0.3) is 0 Å². The maximum Gasteiger partial charge on any atom is 0.0522 e. The summed E-state index contributed by atoms with van der Waals surface area (Å²) < 4.78 is 6.11. The molecule has 0 rings (SSSR count). The van der Waals surface area contributed by atoms with Crippen LogP contribution >= 0.6 is 0 Å². The summed E-state index contributed by atoms with van der Waals surface area (Å²) in [6.45, 7) is 50.0. The van der Waals surface area contributed by atoms with E-state index in [9.17, 15) is 0 Å². The van der Waals surface area contributed by atoms with Crippen molar-refractivity contribution in [2.45, 2.75) is 267 Å². The van der Waals surface area contributed by atoms with E-state index in [-0.39, 0.29) is 0 Å². The van der Waals surface area contributed by atoms with Crippen molar-refractivity contribution in [2.24, 2.45) is 33.0 Å². The minimum Gasteiger partial charge on any atom is -0.380 e. The predicted molar refractivity (Wildman–Crippen MR) is 233 cm³/mol. The Bertz CT molecular complexity index is 509. The SMILES string of the molecule is CCC(C)(CC)CC.CCC(C)CC.CCC(CC)(CC)CC.CCC(CC)(CC)CC.CCC(CC)(CC)COCC(CC)(CC)CC. The van der Waals surface area contributed by atoms with Crippen molar-refractivity contribution in [2.75, 3.05) is 13.2 Å². The molecule has 0 unspecified atom stereocenters. The van der Waals surface area contributed by atoms with Crippen LogP contribution in [0.3, 0.4) is 0 Å². The van der Waals surface area contributed by atoms with Crippen molar-refractivity contribution >= 4 is 0 Å². The summed E-state index contributed by atoms with van der Waals surface area (Å²) in [5.74, 6) is 0.935. The van der Waals surface area contributed by atoms with Crippen LogP contribution in [0.4, 0.5) is 0 Å². The third-order valence-corrected chi connectivity index (χ3v) is 15.3. The van der Waals surface area contributed by atoms with Gasteiger partial charge < -0.3 is 4.74 Å². The van der Waals surface area contributed by atoms with Crippen LogP contribution in [0.5, 0.6) is 0 Å². The van der Waals surface area contributed by atoms with Gasteiger partial charge in [-0.2, -0.15) is 0 Å². The highest BCUT2D eigenvalue weighted by Crippen LogP contribution is 2.35. The van der Waals surface area contributed by atoms with Gasteiger partial charge in [-0.3, -0.25) is 0 Å². The molecule has 304 valence electrons. The van der Waals surface area contributed by atoms with E-state index in [0.717, 1.165) is 19.1 Å². The standard InChI is InChI=1S/C16H34O.2C9H20.C8H18.C6H14/c1-7-15(8-2,9-3)13-17-14-16(10-4,11-5)12-6;2*1-5-9(6-2,7-3)8-4;1-5-8(4,6-2)7-3;1-4-6(3)5-2/h7-14H2,1-6H3;2*5-8H2,1-4H3;5-7H2,1-4H3;6H,4-5H2,1-3H3. The number of hydrogen-bond acceptors (Lipinski definition) is 1. The van der Waals surface area contributed by atoms with Gasteiger partial charge in [0.1, 0.15) is 0 Å². The summed E-state index contributed by atoms with van der Waals surface area (Å²) in [4.78, 5) is 0. The van der Waals surface area contributed by atoms with Crippen molar-refractivity contribution in [1.82, 2.24) is 0 Å². The van der Waals surface area contributed by atoms with Crippen molar-refractivity contribution < 1.29 is 4.74 Å². The second-order valence-electron chi connectivity index (χ2n) is 16.2. The molecule has 0 aliphatic carbocycles. The fourth-order valence-electron chi connectivity index (χ4n) is 6.64. The monoisotopic (exact) mass is 699 g/mol. The molecule has 0 atom stereocenters. The van der Waals surface area contributed by atoms with Gasteiger partial charge in [0.05, 0.1) is 13.2 Å². The summed E-state index contributed by atoms with van der Waals surface area (Å²) in [6, 6.07) is 0. The minimum atomic E-state index is 0.418. The van der Waals surface area contributed by atoms with Crippen LogP contribution in [-0.2, 0) is 4.74 Å². The van der Waals surface area contributed by atoms with Crippen LogP contribution in [-0.4, -0.2) is 13.2 Å². The van der Waals surface area contributed by atoms with E-state index in [1.165, 1.54) is 122 Å². The normalized spacial score (nSPS) is 12.1. The second kappa shape index (κ2) is 35.0. The van der Waals surface area contributed by atoms with Crippen LogP contribution in [0.25, 0.3) is 0 Å². The van der Waals surface area contributed by atoms with Gasteiger partial charge in [-0.25, -0.2) is 0 Å². The van der Waals surface area contributed by atoms with Crippen LogP contribution in [0.2, 0.25) is 0 Å². The van der Waals surface area contributed by atoms with E-state index in [0.29, 0.717) is 27.1 Å². The quantitative estimate of drug-likeness (QED) is 0.103. The van der Waals surface area contributed by atoms with E-state index in [1.54, 1.807) is 0 Å². The van der Waals surface area contributed by atoms with E-state index < -0.39 is 0 Å². The Morgan fingerprint density at radius 2 is 0.490 bits per heavy atom. The Morgan fingerprint density at radius 3 is 0.551 bits per heavy atom. The van der Waals surface area contributed by atoms with Crippen LogP contribution < -0.4 is 0 Å². The van der Waals surface area contributed by atoms with Gasteiger partial charge in [0.2, 0.25) is 0 Å². The largest absolute Gasteiger partial charge is 0.380 e. The fraction of sp³-hybridized carbons (Fsp3) is 1.00. The van der Waals surface area contributed by atoms with Gasteiger partial charge in [0.15, 0.2) is 0 Å². The second-order valence-corrected chi connectivity index (χ2v) is 16.2. The Balaban J connectivity index is -0.000000174. The molecule has 0 aromatic rings. The van der Waals surface area contributed by atoms with Crippen LogP contribution in [0.15, 0.2) is 0 Å². The molecule has 49 heavy (non-hydrogen) atoms. The first-order chi connectivity index (χ1) is 23.0. The van der Waals surface area contributed by atoms with Gasteiger partial charge in [-0.15, -0.1) is 0 Å². The van der Waals surface area contributed by atoms with Gasteiger partial charge in [0, 0.05) is 0 Å². The van der Waals surface area contributed by atoms with E-state index in [4.69, 9.17) is 4.74 Å². The van der Waals surface area contributed by atoms with Crippen molar-refractivity contribution in [3.8, 4) is 0 Å². The maximum absolute atomic E-state index is 6.11. The first-order valence-electron chi connectivity index (χ1n) is 22.6. The molecule has 0 bridgehead atoms. The predicted octanol–water partition coefficient (Wildman–Crippen LogP) is 18.3. The molecule has 1 nitrogen and oxygen atoms in total. The van der Waals surface area contributed by atoms with Gasteiger partial charge in [-0.05, 0) is 71.5 Å². The average molecular weight is 699 g/mol. The third kappa shape index (κ3) is 25.6. The summed E-state index contributed by atoms with van der Waals surface area (Å²) in [5.41, 5.74) is 2.79. The summed E-state index contributed by atoms with van der Waals surface area (Å²) in [6.07, 6.45) is 24.8. The molecule has 0 spiro atoms. The molecule has 0 aliphatic heterocycles. The zero-order valence-corrected chi connectivity index (χ0v) is 39.3. The summed E-state index contributed by atoms with van der Waals surface area (Å²) in [5, 5.41) is 0. The van der Waals surface area contributed by atoms with E-state index in [2.05, 4.69) is 145 Å². The van der Waals surface area contributed by atoms with Crippen molar-refractivity contribution in [3.63, 3.8) is 0 Å². The lowest BCUT2D eigenvalue weighted by atomic mass is 9.78. The highest BCUT2D eigenvalue weighted by molar-refractivity contribution is 4.78. The maximum atomic E-state index is 6.11. The number of ether oxygens (including phenoxy) is 1. The first kappa shape index (κ1) is 58.3. The molecule has 0 aliphatic rings. The average Bonchev–Trinajstić information content (AvgIpc) is 3.18. The molecule has 0 saturated carbocycles. The third-order valence-electron chi connectivity index (χ3n) is 15.3. The smallest absolute Gasteiger partial charge is 0.0522 e. The van der Waals surface area contributed by atoms with E-state index >= 15 is 0 Å². The van der Waals surface area contributed by atoms with Gasteiger partial charge >= 0.3 is 0 Å². The summed E-state index contributed by atoms with van der Waals surface area (Å²) in [7, 11) is 0. The molecule has 0 N–H and O–H groups in total. The lowest BCUT2D eigenvalue weighted by molar-refractivity contribution is -0.0181. The molecular weight excluding hydrogens is 593 g/mol. The Kier molecular flexibility index (Phi) is 41.6. The molecule has 0 fully saturated rings. The lowest BCUT2D eigenvalue weighted by Gasteiger charge is -2.34. The number of hydrogen-bond donors (Lipinski definition) is 0. The van der Waals surface area contributed by atoms with Crippen LogP contribution in [0, 0.1) is 33.0 Å². The lowest BCUT2D eigenvalue weighted by Crippen LogP contribution is -2.30. The first-order valence-corrected chi connectivity index (χ1v) is 22.6. The van der Waals surface area contributed by atoms with E-state index in [1.807, 2.05) is 0 Å². The fourth-order valence-corrected chi connectivity index (χ4v) is 6.64. The summed E-state index contributed by atoms with van der Waals surface area (Å²) >= 11 is 0. The zero-order chi connectivity index (χ0) is 39.6. The number of rotatable bonds is 23. The molecule has 0 heterocycles. The van der Waals surface area contributed by atoms with Gasteiger partial charge in [-0.1, -0.05) is 229 Å². The molecule has 0 aromatic carbocycles. The molecule has 0 radical (unpaired) electrons. The molecule has 0 amide bonds. The Morgan fingerprint density at radius 1 is 0.306 bits per heavy atom. The van der Waals surface area contributed by atoms with Crippen molar-refractivity contribution in [1.29, 1.82) is 0 Å². The molecule has 0 saturated heterocycles.